The Labute approximate surface area is 406 Å². The summed E-state index contributed by atoms with van der Waals surface area (Å²) in [6, 6.07) is 41.9. The van der Waals surface area contributed by atoms with Gasteiger partial charge in [0.1, 0.15) is 0 Å². The molecule has 0 aromatic heterocycles. The van der Waals surface area contributed by atoms with E-state index in [-0.39, 0.29) is 29.3 Å². The lowest BCUT2D eigenvalue weighted by Crippen LogP contribution is -2.27. The Morgan fingerprint density at radius 3 is 1.34 bits per heavy atom. The van der Waals surface area contributed by atoms with Gasteiger partial charge in [-0.1, -0.05) is 146 Å². The van der Waals surface area contributed by atoms with E-state index in [4.69, 9.17) is 0 Å². The maximum atomic E-state index is 12.2. The Kier molecular flexibility index (Phi) is 5.71. The molecule has 0 saturated heterocycles. The Hall–Kier alpha value is -7.33. The molecule has 2 saturated carbocycles. The van der Waals surface area contributed by atoms with E-state index >= 15 is 0 Å². The van der Waals surface area contributed by atoms with Crippen molar-refractivity contribution in [2.45, 2.75) is 73.0 Å². The van der Waals surface area contributed by atoms with Gasteiger partial charge in [-0.3, -0.25) is 0 Å². The number of carbonyl (C=O) groups excluding carboxylic acids is 1. The lowest BCUT2D eigenvalue weighted by molar-refractivity contribution is -0.368. The van der Waals surface area contributed by atoms with Crippen LogP contribution in [0.2, 0.25) is 0 Å². The minimum atomic E-state index is -0.952. The van der Waals surface area contributed by atoms with Gasteiger partial charge in [0.2, 0.25) is 0 Å². The number of hydrogen-bond donors (Lipinski definition) is 0. The molecule has 2 fully saturated rings. The first-order valence-corrected chi connectivity index (χ1v) is 26.5. The van der Waals surface area contributed by atoms with E-state index in [0.717, 1.165) is 31.1 Å². The van der Waals surface area contributed by atoms with Crippen molar-refractivity contribution in [3.8, 4) is 0 Å². The summed E-state index contributed by atoms with van der Waals surface area (Å²) in [6.45, 7) is 0.0818. The number of rotatable bonds is 10. The fourth-order valence-electron chi connectivity index (χ4n) is 20.1. The van der Waals surface area contributed by atoms with E-state index in [2.05, 4.69) is 133 Å². The van der Waals surface area contributed by atoms with Crippen molar-refractivity contribution >= 4 is 136 Å². The number of aliphatic carboxylic acids is 1. The molecule has 2 spiro atoms. The second-order valence-corrected chi connectivity index (χ2v) is 23.3. The quantitative estimate of drug-likeness (QED) is 0.0780. The molecule has 0 radical (unpaired) electrons. The van der Waals surface area contributed by atoms with Crippen molar-refractivity contribution in [2.75, 3.05) is 6.61 Å². The largest absolute Gasteiger partial charge is 0.854 e. The first-order chi connectivity index (χ1) is 35.1. The molecule has 4 unspecified atom stereocenters. The molecule has 0 heterocycles. The summed E-state index contributed by atoms with van der Waals surface area (Å²) in [5, 5.41) is 57.9. The third-order valence-corrected chi connectivity index (χ3v) is 21.7. The van der Waals surface area contributed by atoms with E-state index < -0.39 is 5.97 Å². The average molecular weight is 907 g/mol. The van der Waals surface area contributed by atoms with Crippen LogP contribution >= 0.6 is 0 Å². The number of benzene rings is 10. The van der Waals surface area contributed by atoms with Gasteiger partial charge in [-0.2, -0.15) is 0 Å². The molecule has 0 N–H and O–H groups in total. The molecule has 3 heteroatoms. The molecular weight excluding hydrogens is 865 g/mol. The molecule has 334 valence electrons. The van der Waals surface area contributed by atoms with Gasteiger partial charge >= 0.3 is 0 Å². The Balaban J connectivity index is 0.000000183. The van der Waals surface area contributed by atoms with Crippen molar-refractivity contribution in [1.82, 2.24) is 0 Å². The molecule has 4 atom stereocenters. The normalized spacial score (nSPS) is 27.1. The van der Waals surface area contributed by atoms with Gasteiger partial charge in [-0.15, -0.1) is 6.61 Å². The zero-order valence-electron chi connectivity index (χ0n) is 38.9. The van der Waals surface area contributed by atoms with Crippen LogP contribution in [0.25, 0.3) is 130 Å². The summed E-state index contributed by atoms with van der Waals surface area (Å²) >= 11 is 0. The number of allylic oxidation sites excluding steroid dienone is 4. The van der Waals surface area contributed by atoms with Crippen LogP contribution in [-0.4, -0.2) is 12.6 Å². The second kappa shape index (κ2) is 11.1. The SMILES string of the molecule is O=C([O-])CCCC1(c2ccccc2)C23C4=c5ccc6c7ccc8c9ccc%10c%11ccc%12c%13c(c%14c%15c2c5c6c2c7c8c5c9c%10c(c%13%11)c%14c5c%152)C13C=%12C=C4.[O-]CCCCC1(c2ccccc2)C2CC=CCC21. The highest BCUT2D eigenvalue weighted by Gasteiger charge is 2.93. The topological polar surface area (TPSA) is 63.2 Å². The van der Waals surface area contributed by atoms with Crippen molar-refractivity contribution in [3.63, 3.8) is 0 Å². The molecule has 3 nitrogen and oxygen atoms in total. The summed E-state index contributed by atoms with van der Waals surface area (Å²) in [5.41, 5.74) is 8.24. The lowest BCUT2D eigenvalue weighted by atomic mass is 9.68. The zero-order valence-corrected chi connectivity index (χ0v) is 38.9. The molecule has 71 heavy (non-hydrogen) atoms. The van der Waals surface area contributed by atoms with E-state index in [0.29, 0.717) is 11.8 Å². The lowest BCUT2D eigenvalue weighted by Gasteiger charge is -2.32. The first-order valence-electron chi connectivity index (χ1n) is 26.5. The van der Waals surface area contributed by atoms with Gasteiger partial charge in [0.25, 0.3) is 0 Å². The Morgan fingerprint density at radius 1 is 0.451 bits per heavy atom. The fourth-order valence-corrected chi connectivity index (χ4v) is 20.1. The van der Waals surface area contributed by atoms with Crippen LogP contribution in [-0.2, 0) is 26.5 Å². The number of fused-ring (bicyclic) bond motifs is 4. The zero-order chi connectivity index (χ0) is 46.0. The van der Waals surface area contributed by atoms with Gasteiger partial charge in [0.05, 0.1) is 0 Å². The minimum Gasteiger partial charge on any atom is -0.854 e. The molecule has 0 aliphatic heterocycles. The van der Waals surface area contributed by atoms with Gasteiger partial charge in [0, 0.05) is 27.6 Å². The molecule has 7 aliphatic rings. The number of carboxylic acids is 1. The van der Waals surface area contributed by atoms with E-state index in [1.165, 1.54) is 170 Å². The summed E-state index contributed by atoms with van der Waals surface area (Å²) in [5.74, 6) is 0.709. The number of carbonyl (C=O) groups is 1. The highest BCUT2D eigenvalue weighted by molar-refractivity contribution is 6.64. The first kappa shape index (κ1) is 36.6. The highest BCUT2D eigenvalue weighted by Crippen LogP contribution is 2.93. The number of unbranched alkanes of at least 4 members (excludes halogenated alkanes) is 1. The second-order valence-electron chi connectivity index (χ2n) is 23.3. The van der Waals surface area contributed by atoms with E-state index in [1.807, 2.05) is 0 Å². The number of hydrogen-bond acceptors (Lipinski definition) is 3. The smallest absolute Gasteiger partial charge is 0.0477 e. The fraction of sp³-hybridized carbons (Fsp3) is 0.221. The summed E-state index contributed by atoms with van der Waals surface area (Å²) in [6.07, 6.45) is 16.7. The monoisotopic (exact) mass is 906 g/mol. The maximum absolute atomic E-state index is 12.2. The maximum Gasteiger partial charge on any atom is 0.0477 e. The van der Waals surface area contributed by atoms with E-state index in [1.54, 1.807) is 11.1 Å². The van der Waals surface area contributed by atoms with Crippen LogP contribution in [0.15, 0.2) is 133 Å². The van der Waals surface area contributed by atoms with Crippen molar-refractivity contribution in [1.29, 1.82) is 0 Å². The van der Waals surface area contributed by atoms with Crippen LogP contribution in [0.3, 0.4) is 0 Å². The average Bonchev–Trinajstić information content (AvgIpc) is 3.93. The van der Waals surface area contributed by atoms with Crippen LogP contribution in [0.1, 0.15) is 73.6 Å². The molecule has 14 aromatic carbocycles. The Bertz CT molecular complexity index is 4710. The van der Waals surface area contributed by atoms with Crippen LogP contribution in [0.4, 0.5) is 0 Å². The van der Waals surface area contributed by atoms with Crippen molar-refractivity contribution in [2.24, 2.45) is 11.8 Å². The standard InChI is InChI=1S/C51H22O2.C17H21O/c52-30(53)7-4-18-49(19-5-2-1-3-6-19)50-28-16-17-29-27-15-13-25-23-11-9-21-20-8-10-22-24-12-14-26(28)37-35(24)40-33(22)31(20)39-32(21)34(23)41-36(25)38(27)48(51(29,49)50)46-44(41)42(39)43(40)45(46)47(37)50;18-13-7-6-12-17(14-8-2-1-3-9-14)15-10-4-5-11-16(15)17/h1-3,5-6,8-17H,4,7,18H2,(H,52,53);1-5,8-9,15-16H,6-7,10-13H2/q;-1/p-1. The van der Waals surface area contributed by atoms with Crippen LogP contribution in [0.5, 0.6) is 0 Å². The minimum absolute atomic E-state index is 0.0724. The summed E-state index contributed by atoms with van der Waals surface area (Å²) < 4.78 is 0. The van der Waals surface area contributed by atoms with Crippen molar-refractivity contribution < 1.29 is 15.0 Å². The van der Waals surface area contributed by atoms with Crippen molar-refractivity contribution in [3.05, 3.63) is 166 Å². The predicted octanol–water partition coefficient (Wildman–Crippen LogP) is 12.2. The third-order valence-electron chi connectivity index (χ3n) is 21.7. The molecule has 14 aromatic rings. The van der Waals surface area contributed by atoms with Gasteiger partial charge in [-0.05, 0) is 213 Å². The van der Waals surface area contributed by atoms with E-state index in [9.17, 15) is 15.0 Å². The van der Waals surface area contributed by atoms with Crippen LogP contribution < -0.4 is 20.7 Å². The number of carboxylic acid groups (broad SMARTS) is 1. The summed E-state index contributed by atoms with van der Waals surface area (Å²) in [7, 11) is 0. The molecule has 0 amide bonds. The van der Waals surface area contributed by atoms with Crippen LogP contribution in [0, 0.1) is 11.8 Å². The molecule has 21 rings (SSSR count). The molecule has 7 aliphatic carbocycles. The molecular formula is C68H42O3-2. The Morgan fingerprint density at radius 2 is 0.873 bits per heavy atom. The third kappa shape index (κ3) is 3.20. The van der Waals surface area contributed by atoms with Gasteiger partial charge < -0.3 is 15.0 Å². The van der Waals surface area contributed by atoms with Gasteiger partial charge in [0.15, 0.2) is 0 Å². The highest BCUT2D eigenvalue weighted by atomic mass is 16.4. The molecule has 0 bridgehead atoms. The predicted molar refractivity (Wildman–Crippen MR) is 286 cm³/mol. The van der Waals surface area contributed by atoms with Gasteiger partial charge in [-0.25, -0.2) is 0 Å². The summed E-state index contributed by atoms with van der Waals surface area (Å²) in [4.78, 5) is 12.2.